The molecule has 0 saturated heterocycles. The number of nitrogens with zero attached hydrogens (tertiary/aromatic N) is 4. The van der Waals surface area contributed by atoms with Gasteiger partial charge in [-0.15, -0.1) is 0 Å². The van der Waals surface area contributed by atoms with Crippen molar-refractivity contribution in [2.45, 2.75) is 51.7 Å². The molecule has 2 atom stereocenters. The van der Waals surface area contributed by atoms with Gasteiger partial charge in [0.05, 0.1) is 12.6 Å². The van der Waals surface area contributed by atoms with Crippen LogP contribution in [0.4, 0.5) is 0 Å². The lowest BCUT2D eigenvalue weighted by Gasteiger charge is -2.27. The molecule has 42 heavy (non-hydrogen) atoms. The lowest BCUT2D eigenvalue weighted by atomic mass is 10.0. The molecule has 0 bridgehead atoms. The molecule has 3 amide bonds. The maximum atomic E-state index is 13.5. The van der Waals surface area contributed by atoms with Gasteiger partial charge in [-0.3, -0.25) is 14.4 Å². The Labute approximate surface area is 252 Å². The van der Waals surface area contributed by atoms with Crippen LogP contribution in [0.15, 0.2) is 66.7 Å². The summed E-state index contributed by atoms with van der Waals surface area (Å²) in [4.78, 5) is 46.4. The maximum absolute atomic E-state index is 13.5. The molecule has 0 saturated carbocycles. The van der Waals surface area contributed by atoms with E-state index in [0.29, 0.717) is 44.1 Å². The number of nitrogens with one attached hydrogen (secondary N) is 2. The van der Waals surface area contributed by atoms with Crippen LogP contribution in [0, 0.1) is 5.92 Å². The number of thioether (sulfide) groups is 1. The van der Waals surface area contributed by atoms with E-state index in [2.05, 4.69) is 10.6 Å². The van der Waals surface area contributed by atoms with Crippen molar-refractivity contribution in [1.29, 1.82) is 0 Å². The van der Waals surface area contributed by atoms with Gasteiger partial charge in [-0.1, -0.05) is 74.5 Å². The van der Waals surface area contributed by atoms with Crippen LogP contribution in [-0.2, 0) is 20.9 Å². The summed E-state index contributed by atoms with van der Waals surface area (Å²) in [7, 11) is 0. The van der Waals surface area contributed by atoms with Crippen molar-refractivity contribution >= 4 is 35.6 Å². The van der Waals surface area contributed by atoms with Gasteiger partial charge in [-0.25, -0.2) is 9.67 Å². The Morgan fingerprint density at radius 2 is 1.74 bits per heavy atom. The Bertz CT molecular complexity index is 1360. The molecule has 3 aromatic rings. The number of hydrogen-bond acceptors (Lipinski definition) is 6. The van der Waals surface area contributed by atoms with Gasteiger partial charge in [0.25, 0.3) is 0 Å². The number of hydrogen-bond donors (Lipinski definition) is 2. The number of aromatic nitrogens is 3. The Balaban J connectivity index is 1.69. The molecule has 0 spiro atoms. The first-order valence-electron chi connectivity index (χ1n) is 14.5. The molecule has 222 valence electrons. The van der Waals surface area contributed by atoms with E-state index in [4.69, 9.17) is 10.1 Å². The van der Waals surface area contributed by atoms with Crippen molar-refractivity contribution < 1.29 is 14.4 Å². The van der Waals surface area contributed by atoms with Crippen LogP contribution in [-0.4, -0.2) is 68.5 Å². The predicted molar refractivity (Wildman–Crippen MR) is 167 cm³/mol. The van der Waals surface area contributed by atoms with Crippen molar-refractivity contribution in [2.24, 2.45) is 5.92 Å². The van der Waals surface area contributed by atoms with Crippen molar-refractivity contribution in [2.75, 3.05) is 25.1 Å². The first kappa shape index (κ1) is 31.0. The molecule has 2 N–H and O–H groups in total. The zero-order valence-electron chi connectivity index (χ0n) is 24.5. The van der Waals surface area contributed by atoms with Gasteiger partial charge in [-0.05, 0) is 42.4 Å². The summed E-state index contributed by atoms with van der Waals surface area (Å²) in [6, 6.07) is 18.3. The van der Waals surface area contributed by atoms with E-state index in [1.807, 2.05) is 85.4 Å². The summed E-state index contributed by atoms with van der Waals surface area (Å²) in [6.07, 6.45) is 6.56. The quantitative estimate of drug-likeness (QED) is 0.398. The largest absolute Gasteiger partial charge is 0.344 e. The second-order valence-corrected chi connectivity index (χ2v) is 11.7. The van der Waals surface area contributed by atoms with Crippen molar-refractivity contribution in [3.63, 3.8) is 0 Å². The zero-order valence-corrected chi connectivity index (χ0v) is 25.3. The molecule has 1 aromatic heterocycles. The highest BCUT2D eigenvalue weighted by molar-refractivity contribution is 7.98. The van der Waals surface area contributed by atoms with Crippen LogP contribution in [0.2, 0.25) is 0 Å². The van der Waals surface area contributed by atoms with E-state index in [1.165, 1.54) is 0 Å². The van der Waals surface area contributed by atoms with Gasteiger partial charge in [0.15, 0.2) is 11.6 Å². The smallest absolute Gasteiger partial charge is 0.246 e. The highest BCUT2D eigenvalue weighted by atomic mass is 32.2. The van der Waals surface area contributed by atoms with E-state index in [9.17, 15) is 14.4 Å². The summed E-state index contributed by atoms with van der Waals surface area (Å²) in [5.74, 6) is 1.35. The van der Waals surface area contributed by atoms with Gasteiger partial charge in [0, 0.05) is 31.1 Å². The van der Waals surface area contributed by atoms with Crippen molar-refractivity contribution in [3.8, 4) is 11.4 Å². The number of carbonyl (C=O) groups excluding carboxylic acids is 3. The third-order valence-corrected chi connectivity index (χ3v) is 7.82. The summed E-state index contributed by atoms with van der Waals surface area (Å²) in [5, 5.41) is 10.9. The third-order valence-electron chi connectivity index (χ3n) is 7.18. The number of carbonyl (C=O) groups is 3. The molecule has 0 radical (unpaired) electrons. The Morgan fingerprint density at radius 3 is 2.43 bits per heavy atom. The molecule has 4 rings (SSSR count). The molecule has 1 aliphatic heterocycles. The van der Waals surface area contributed by atoms with Gasteiger partial charge in [0.1, 0.15) is 6.04 Å². The second kappa shape index (κ2) is 15.3. The Hall–Kier alpha value is -3.92. The van der Waals surface area contributed by atoms with Crippen LogP contribution < -0.4 is 10.6 Å². The monoisotopic (exact) mass is 588 g/mol. The van der Waals surface area contributed by atoms with Gasteiger partial charge in [-0.2, -0.15) is 16.9 Å². The second-order valence-electron chi connectivity index (χ2n) is 10.7. The Morgan fingerprint density at radius 1 is 1.02 bits per heavy atom. The van der Waals surface area contributed by atoms with Gasteiger partial charge >= 0.3 is 0 Å². The molecular weight excluding hydrogens is 548 g/mol. The topological polar surface area (TPSA) is 109 Å². The Kier molecular flexibility index (Phi) is 11.3. The molecule has 0 aliphatic carbocycles. The summed E-state index contributed by atoms with van der Waals surface area (Å²) in [6.45, 7) is 5.21. The number of rotatable bonds is 7. The minimum Gasteiger partial charge on any atom is -0.344 e. The molecule has 1 aliphatic rings. The summed E-state index contributed by atoms with van der Waals surface area (Å²) >= 11 is 1.63. The molecule has 9 nitrogen and oxygen atoms in total. The number of amides is 3. The third kappa shape index (κ3) is 8.55. The normalized spacial score (nSPS) is 18.8. The van der Waals surface area contributed by atoms with Crippen molar-refractivity contribution in [1.82, 2.24) is 30.3 Å². The standard InChI is InChI=1S/C32H40N6O3S/c1-23(2)29-31-35-30(25-13-8-5-9-14-25)36-38(31)21-20-37(28(40)17-16-24-11-6-4-7-12-24)19-10-15-27(39)33-26(18-22-42-3)32(41)34-29/h4-9,11-14,16-17,23,26,29H,10,15,18-22H2,1-3H3,(H,33,39)(H,34,41)/t26-,29+/m0/s1. The summed E-state index contributed by atoms with van der Waals surface area (Å²) in [5.41, 5.74) is 1.80. The lowest BCUT2D eigenvalue weighted by molar-refractivity contribution is -0.130. The van der Waals surface area contributed by atoms with Gasteiger partial charge in [0.2, 0.25) is 17.7 Å². The minimum absolute atomic E-state index is 0.00290. The zero-order chi connectivity index (χ0) is 29.9. The first-order valence-corrected chi connectivity index (χ1v) is 15.9. The molecule has 0 fully saturated rings. The van der Waals surface area contributed by atoms with E-state index in [1.54, 1.807) is 28.8 Å². The molecule has 2 aromatic carbocycles. The fourth-order valence-corrected chi connectivity index (χ4v) is 5.30. The molecule has 0 unspecified atom stereocenters. The number of benzene rings is 2. The average molecular weight is 589 g/mol. The minimum atomic E-state index is -0.661. The van der Waals surface area contributed by atoms with E-state index in [-0.39, 0.29) is 30.1 Å². The average Bonchev–Trinajstić information content (AvgIpc) is 3.42. The predicted octanol–water partition coefficient (Wildman–Crippen LogP) is 4.33. The lowest BCUT2D eigenvalue weighted by Crippen LogP contribution is -2.49. The highest BCUT2D eigenvalue weighted by Gasteiger charge is 2.30. The fourth-order valence-electron chi connectivity index (χ4n) is 4.83. The molecular formula is C32H40N6O3S. The molecule has 2 heterocycles. The van der Waals surface area contributed by atoms with Crippen LogP contribution in [0.25, 0.3) is 17.5 Å². The number of fused-ring (bicyclic) bond motifs is 1. The SMILES string of the molecule is CSCC[C@@H]1NC(=O)CCCN(C(=O)C=Cc2ccccc2)CCn2nc(-c3ccccc3)nc2[C@@H](C(C)C)NC1=O. The first-order chi connectivity index (χ1) is 20.4. The van der Waals surface area contributed by atoms with Crippen LogP contribution in [0.3, 0.4) is 0 Å². The van der Waals surface area contributed by atoms with Crippen molar-refractivity contribution in [3.05, 3.63) is 78.1 Å². The van der Waals surface area contributed by atoms with Crippen LogP contribution in [0.1, 0.15) is 50.5 Å². The van der Waals surface area contributed by atoms with Crippen LogP contribution in [0.5, 0.6) is 0 Å². The van der Waals surface area contributed by atoms with E-state index >= 15 is 0 Å². The van der Waals surface area contributed by atoms with E-state index in [0.717, 1.165) is 16.9 Å². The highest BCUT2D eigenvalue weighted by Crippen LogP contribution is 2.25. The molecule has 10 heteroatoms. The fraction of sp³-hybridized carbons (Fsp3) is 0.406. The van der Waals surface area contributed by atoms with Gasteiger partial charge < -0.3 is 15.5 Å². The van der Waals surface area contributed by atoms with Crippen LogP contribution >= 0.6 is 11.8 Å². The maximum Gasteiger partial charge on any atom is 0.246 e. The summed E-state index contributed by atoms with van der Waals surface area (Å²) < 4.78 is 1.82. The van der Waals surface area contributed by atoms with E-state index < -0.39 is 12.1 Å².